The van der Waals surface area contributed by atoms with E-state index in [4.69, 9.17) is 5.11 Å². The van der Waals surface area contributed by atoms with Crippen LogP contribution in [0.3, 0.4) is 0 Å². The fraction of sp³-hybridized carbons (Fsp3) is 0.583. The van der Waals surface area contributed by atoms with Crippen molar-refractivity contribution in [3.05, 3.63) is 12.4 Å². The lowest BCUT2D eigenvalue weighted by molar-refractivity contribution is -0.137. The van der Waals surface area contributed by atoms with Crippen molar-refractivity contribution < 1.29 is 14.7 Å². The lowest BCUT2D eigenvalue weighted by Crippen LogP contribution is -2.43. The topological polar surface area (TPSA) is 87.5 Å². The summed E-state index contributed by atoms with van der Waals surface area (Å²) in [5, 5.41) is 15.5. The maximum absolute atomic E-state index is 12.0. The van der Waals surface area contributed by atoms with Gasteiger partial charge < -0.3 is 15.3 Å². The van der Waals surface area contributed by atoms with Crippen molar-refractivity contribution in [2.45, 2.75) is 39.8 Å². The summed E-state index contributed by atoms with van der Waals surface area (Å²) in [4.78, 5) is 24.0. The predicted octanol–water partition coefficient (Wildman–Crippen LogP) is 1.79. The molecule has 0 fully saturated rings. The molecule has 0 spiro atoms. The molecule has 2 N–H and O–H groups in total. The first-order chi connectivity index (χ1) is 8.81. The Balaban J connectivity index is 2.72. The molecule has 0 aliphatic rings. The summed E-state index contributed by atoms with van der Waals surface area (Å²) in [5.74, 6) is -1.04. The fourth-order valence-electron chi connectivity index (χ4n) is 1.51. The highest BCUT2D eigenvalue weighted by Crippen LogP contribution is 2.11. The van der Waals surface area contributed by atoms with Gasteiger partial charge in [-0.15, -0.1) is 0 Å². The molecule has 0 aliphatic carbocycles. The van der Waals surface area contributed by atoms with E-state index in [-0.39, 0.29) is 18.6 Å². The first-order valence-electron chi connectivity index (χ1n) is 6.14. The number of hydrogen-bond donors (Lipinski definition) is 2. The van der Waals surface area contributed by atoms with Gasteiger partial charge in [-0.3, -0.25) is 9.48 Å². The number of aromatic nitrogens is 2. The standard InChI is InChI=1S/C12H20N4O3/c1-8(2)15(7-11(17)18)12(19)14-10-5-13-16(6-10)9(3)4/h5-6,8-9H,7H2,1-4H3,(H,14,19)(H,17,18). The fourth-order valence-corrected chi connectivity index (χ4v) is 1.51. The highest BCUT2D eigenvalue weighted by molar-refractivity contribution is 5.91. The molecular weight excluding hydrogens is 248 g/mol. The molecule has 7 nitrogen and oxygen atoms in total. The van der Waals surface area contributed by atoms with Gasteiger partial charge in [0.15, 0.2) is 0 Å². The molecule has 0 saturated heterocycles. The Morgan fingerprint density at radius 3 is 2.47 bits per heavy atom. The molecule has 0 aliphatic heterocycles. The lowest BCUT2D eigenvalue weighted by Gasteiger charge is -2.24. The van der Waals surface area contributed by atoms with Crippen LogP contribution in [-0.2, 0) is 4.79 Å². The molecule has 1 rings (SSSR count). The molecule has 0 atom stereocenters. The van der Waals surface area contributed by atoms with Crippen LogP contribution in [0.15, 0.2) is 12.4 Å². The maximum Gasteiger partial charge on any atom is 0.323 e. The van der Waals surface area contributed by atoms with Gasteiger partial charge in [-0.1, -0.05) is 0 Å². The van der Waals surface area contributed by atoms with Crippen molar-refractivity contribution in [3.63, 3.8) is 0 Å². The van der Waals surface area contributed by atoms with Crippen LogP contribution in [0.1, 0.15) is 33.7 Å². The van der Waals surface area contributed by atoms with Crippen LogP contribution in [-0.4, -0.2) is 44.4 Å². The summed E-state index contributed by atoms with van der Waals surface area (Å²) < 4.78 is 1.71. The number of anilines is 1. The van der Waals surface area contributed by atoms with E-state index < -0.39 is 12.0 Å². The van der Waals surface area contributed by atoms with Crippen LogP contribution in [0.4, 0.5) is 10.5 Å². The number of amides is 2. The number of carbonyl (C=O) groups is 2. The van der Waals surface area contributed by atoms with Gasteiger partial charge in [0, 0.05) is 18.3 Å². The van der Waals surface area contributed by atoms with E-state index in [1.54, 1.807) is 24.7 Å². The Morgan fingerprint density at radius 1 is 1.42 bits per heavy atom. The zero-order valence-corrected chi connectivity index (χ0v) is 11.6. The van der Waals surface area contributed by atoms with E-state index in [2.05, 4.69) is 10.4 Å². The molecule has 1 aromatic rings. The van der Waals surface area contributed by atoms with Crippen LogP contribution >= 0.6 is 0 Å². The molecule has 0 bridgehead atoms. The third-order valence-corrected chi connectivity index (χ3v) is 2.57. The number of carboxylic acid groups (broad SMARTS) is 1. The molecule has 1 aromatic heterocycles. The second-order valence-corrected chi connectivity index (χ2v) is 4.85. The third-order valence-electron chi connectivity index (χ3n) is 2.57. The van der Waals surface area contributed by atoms with E-state index in [1.165, 1.54) is 11.1 Å². The number of nitrogens with zero attached hydrogens (tertiary/aromatic N) is 3. The van der Waals surface area contributed by atoms with Crippen LogP contribution in [0.25, 0.3) is 0 Å². The van der Waals surface area contributed by atoms with Gasteiger partial charge in [0.1, 0.15) is 6.54 Å². The number of hydrogen-bond acceptors (Lipinski definition) is 3. The van der Waals surface area contributed by atoms with E-state index >= 15 is 0 Å². The van der Waals surface area contributed by atoms with E-state index in [1.807, 2.05) is 13.8 Å². The average molecular weight is 268 g/mol. The van der Waals surface area contributed by atoms with E-state index in [0.29, 0.717) is 5.69 Å². The Bertz CT molecular complexity index is 454. The van der Waals surface area contributed by atoms with Crippen molar-refractivity contribution in [1.29, 1.82) is 0 Å². The van der Waals surface area contributed by atoms with E-state index in [0.717, 1.165) is 0 Å². The molecule has 19 heavy (non-hydrogen) atoms. The first kappa shape index (κ1) is 15.0. The van der Waals surface area contributed by atoms with Crippen molar-refractivity contribution in [3.8, 4) is 0 Å². The number of nitrogens with one attached hydrogen (secondary N) is 1. The maximum atomic E-state index is 12.0. The highest BCUT2D eigenvalue weighted by Gasteiger charge is 2.20. The summed E-state index contributed by atoms with van der Waals surface area (Å²) in [6.07, 6.45) is 3.25. The van der Waals surface area contributed by atoms with E-state index in [9.17, 15) is 9.59 Å². The minimum Gasteiger partial charge on any atom is -0.480 e. The molecule has 0 unspecified atom stereocenters. The van der Waals surface area contributed by atoms with Crippen LogP contribution in [0.2, 0.25) is 0 Å². The van der Waals surface area contributed by atoms with Gasteiger partial charge in [0.2, 0.25) is 0 Å². The number of rotatable bonds is 5. The normalized spacial score (nSPS) is 10.8. The Kier molecular flexibility index (Phi) is 4.91. The smallest absolute Gasteiger partial charge is 0.323 e. The summed E-state index contributed by atoms with van der Waals surface area (Å²) in [7, 11) is 0. The van der Waals surface area contributed by atoms with Gasteiger partial charge in [-0.25, -0.2) is 4.79 Å². The number of aliphatic carboxylic acids is 1. The number of carbonyl (C=O) groups excluding carboxylic acids is 1. The van der Waals surface area contributed by atoms with Crippen LogP contribution < -0.4 is 5.32 Å². The van der Waals surface area contributed by atoms with Crippen molar-refractivity contribution in [2.24, 2.45) is 0 Å². The summed E-state index contributed by atoms with van der Waals surface area (Å²) >= 11 is 0. The zero-order chi connectivity index (χ0) is 14.6. The lowest BCUT2D eigenvalue weighted by atomic mass is 10.3. The van der Waals surface area contributed by atoms with Crippen molar-refractivity contribution in [2.75, 3.05) is 11.9 Å². The monoisotopic (exact) mass is 268 g/mol. The summed E-state index contributed by atoms with van der Waals surface area (Å²) in [5.41, 5.74) is 0.551. The molecule has 106 valence electrons. The summed E-state index contributed by atoms with van der Waals surface area (Å²) in [6, 6.07) is -0.442. The predicted molar refractivity (Wildman–Crippen MR) is 71.1 cm³/mol. The van der Waals surface area contributed by atoms with Gasteiger partial charge >= 0.3 is 12.0 Å². The molecule has 2 amide bonds. The second kappa shape index (κ2) is 6.21. The number of urea groups is 1. The molecular formula is C12H20N4O3. The van der Waals surface area contributed by atoms with Crippen LogP contribution in [0, 0.1) is 0 Å². The number of carboxylic acids is 1. The Morgan fingerprint density at radius 2 is 2.05 bits per heavy atom. The minimum absolute atomic E-state index is 0.198. The SMILES string of the molecule is CC(C)N(CC(=O)O)C(=O)Nc1cnn(C(C)C)c1. The van der Waals surface area contributed by atoms with Gasteiger partial charge in [0.05, 0.1) is 11.9 Å². The Hall–Kier alpha value is -2.05. The minimum atomic E-state index is -1.04. The van der Waals surface area contributed by atoms with Gasteiger partial charge in [-0.2, -0.15) is 5.10 Å². The van der Waals surface area contributed by atoms with Crippen molar-refractivity contribution >= 4 is 17.7 Å². The molecule has 0 radical (unpaired) electrons. The Labute approximate surface area is 112 Å². The van der Waals surface area contributed by atoms with Gasteiger partial charge in [0.25, 0.3) is 0 Å². The average Bonchev–Trinajstić information content (AvgIpc) is 2.73. The molecule has 0 saturated carbocycles. The summed E-state index contributed by atoms with van der Waals surface area (Å²) in [6.45, 7) is 7.15. The van der Waals surface area contributed by atoms with Gasteiger partial charge in [-0.05, 0) is 27.7 Å². The molecule has 1 heterocycles. The first-order valence-corrected chi connectivity index (χ1v) is 6.14. The largest absolute Gasteiger partial charge is 0.480 e. The molecule has 0 aromatic carbocycles. The van der Waals surface area contributed by atoms with Crippen molar-refractivity contribution in [1.82, 2.24) is 14.7 Å². The molecule has 7 heteroatoms. The zero-order valence-electron chi connectivity index (χ0n) is 11.6. The quantitative estimate of drug-likeness (QED) is 0.852. The van der Waals surface area contributed by atoms with Crippen LogP contribution in [0.5, 0.6) is 0 Å². The second-order valence-electron chi connectivity index (χ2n) is 4.85. The third kappa shape index (κ3) is 4.27. The highest BCUT2D eigenvalue weighted by atomic mass is 16.4.